The highest BCUT2D eigenvalue weighted by Gasteiger charge is 2.28. The van der Waals surface area contributed by atoms with Gasteiger partial charge in [0.2, 0.25) is 0 Å². The fourth-order valence-electron chi connectivity index (χ4n) is 5.49. The van der Waals surface area contributed by atoms with Crippen molar-refractivity contribution in [1.82, 2.24) is 14.7 Å². The lowest BCUT2D eigenvalue weighted by Gasteiger charge is -2.32. The molecule has 3 aliphatic heterocycles. The van der Waals surface area contributed by atoms with Crippen molar-refractivity contribution >= 4 is 5.91 Å². The van der Waals surface area contributed by atoms with Crippen molar-refractivity contribution < 1.29 is 19.4 Å². The summed E-state index contributed by atoms with van der Waals surface area (Å²) in [6, 6.07) is 14.0. The molecule has 3 aliphatic rings. The molecule has 0 radical (unpaired) electrons. The van der Waals surface area contributed by atoms with Crippen LogP contribution in [0.25, 0.3) is 0 Å². The smallest absolute Gasteiger partial charge is 0.257 e. The van der Waals surface area contributed by atoms with E-state index < -0.39 is 6.10 Å². The molecular weight excluding hydrogens is 442 g/mol. The fourth-order valence-corrected chi connectivity index (χ4v) is 5.49. The SMILES string of the molecule is CCN1CCCC(Oc2ccc3c(c2)OCCN(C[C@H](O)CN2CCc4ccccc4C2)C3=O)C1. The first-order valence-electron chi connectivity index (χ1n) is 13.0. The molecular formula is C28H37N3O4. The Kier molecular flexibility index (Phi) is 7.56. The molecule has 0 spiro atoms. The number of carbonyl (C=O) groups is 1. The maximum absolute atomic E-state index is 13.3. The van der Waals surface area contributed by atoms with Crippen molar-refractivity contribution in [2.75, 3.05) is 52.4 Å². The average Bonchev–Trinajstić information content (AvgIpc) is 3.02. The van der Waals surface area contributed by atoms with Crippen LogP contribution in [0.2, 0.25) is 0 Å². The number of rotatable bonds is 7. The summed E-state index contributed by atoms with van der Waals surface area (Å²) in [7, 11) is 0. The normalized spacial score (nSPS) is 22.1. The largest absolute Gasteiger partial charge is 0.491 e. The molecule has 7 nitrogen and oxygen atoms in total. The molecule has 1 N–H and O–H groups in total. The van der Waals surface area contributed by atoms with E-state index in [0.29, 0.717) is 37.6 Å². The van der Waals surface area contributed by atoms with E-state index in [1.54, 1.807) is 11.0 Å². The van der Waals surface area contributed by atoms with Crippen LogP contribution in [0.5, 0.6) is 11.5 Å². The van der Waals surface area contributed by atoms with E-state index in [-0.39, 0.29) is 12.0 Å². The molecule has 1 amide bonds. The van der Waals surface area contributed by atoms with E-state index >= 15 is 0 Å². The molecule has 35 heavy (non-hydrogen) atoms. The number of hydrogen-bond donors (Lipinski definition) is 1. The van der Waals surface area contributed by atoms with Gasteiger partial charge in [-0.05, 0) is 55.6 Å². The molecule has 1 saturated heterocycles. The van der Waals surface area contributed by atoms with E-state index in [9.17, 15) is 9.90 Å². The van der Waals surface area contributed by atoms with Crippen molar-refractivity contribution in [2.45, 2.75) is 44.9 Å². The summed E-state index contributed by atoms with van der Waals surface area (Å²) in [6.07, 6.45) is 2.73. The lowest BCUT2D eigenvalue weighted by molar-refractivity contribution is 0.0501. The van der Waals surface area contributed by atoms with Gasteiger partial charge in [0.05, 0.1) is 18.2 Å². The zero-order valence-electron chi connectivity index (χ0n) is 20.7. The molecule has 1 unspecified atom stereocenters. The van der Waals surface area contributed by atoms with Gasteiger partial charge < -0.3 is 19.5 Å². The molecule has 0 saturated carbocycles. The first-order chi connectivity index (χ1) is 17.1. The van der Waals surface area contributed by atoms with Crippen molar-refractivity contribution in [3.05, 3.63) is 59.2 Å². The highest BCUT2D eigenvalue weighted by molar-refractivity contribution is 5.97. The average molecular weight is 480 g/mol. The van der Waals surface area contributed by atoms with Crippen LogP contribution >= 0.6 is 0 Å². The number of piperidine rings is 1. The predicted octanol–water partition coefficient (Wildman–Crippen LogP) is 2.80. The fraction of sp³-hybridized carbons (Fsp3) is 0.536. The Balaban J connectivity index is 1.18. The highest BCUT2D eigenvalue weighted by Crippen LogP contribution is 2.30. The minimum absolute atomic E-state index is 0.0954. The number of carbonyl (C=O) groups excluding carboxylic acids is 1. The van der Waals surface area contributed by atoms with Crippen molar-refractivity contribution in [2.24, 2.45) is 0 Å². The van der Waals surface area contributed by atoms with Crippen LogP contribution in [-0.2, 0) is 13.0 Å². The molecule has 1 fully saturated rings. The van der Waals surface area contributed by atoms with Crippen LogP contribution in [0.4, 0.5) is 0 Å². The van der Waals surface area contributed by atoms with Crippen LogP contribution in [0.1, 0.15) is 41.3 Å². The first kappa shape index (κ1) is 24.1. The van der Waals surface area contributed by atoms with Crippen LogP contribution in [0.15, 0.2) is 42.5 Å². The van der Waals surface area contributed by atoms with Gasteiger partial charge in [-0.1, -0.05) is 31.2 Å². The maximum atomic E-state index is 13.3. The van der Waals surface area contributed by atoms with Crippen molar-refractivity contribution in [3.8, 4) is 11.5 Å². The maximum Gasteiger partial charge on any atom is 0.257 e. The Hall–Kier alpha value is -2.61. The molecule has 0 bridgehead atoms. The lowest BCUT2D eigenvalue weighted by Crippen LogP contribution is -2.44. The number of β-amino-alcohol motifs (C(OH)–C–C–N with tert-alkyl or cyclic N) is 1. The summed E-state index contributed by atoms with van der Waals surface area (Å²) in [4.78, 5) is 19.7. The summed E-state index contributed by atoms with van der Waals surface area (Å²) in [6.45, 7) is 8.75. The number of aliphatic hydroxyl groups is 1. The number of likely N-dealkylation sites (tertiary alicyclic amines) is 1. The summed E-state index contributed by atoms with van der Waals surface area (Å²) in [5.41, 5.74) is 3.25. The number of aliphatic hydroxyl groups excluding tert-OH is 1. The van der Waals surface area contributed by atoms with Crippen LogP contribution < -0.4 is 9.47 Å². The number of benzene rings is 2. The van der Waals surface area contributed by atoms with E-state index in [0.717, 1.165) is 57.7 Å². The molecule has 2 aromatic carbocycles. The second kappa shape index (κ2) is 11.0. The van der Waals surface area contributed by atoms with Gasteiger partial charge >= 0.3 is 0 Å². The Morgan fingerprint density at radius 1 is 1.09 bits per heavy atom. The highest BCUT2D eigenvalue weighted by atomic mass is 16.5. The van der Waals surface area contributed by atoms with Gasteiger partial charge in [0.25, 0.3) is 5.91 Å². The van der Waals surface area contributed by atoms with Gasteiger partial charge in [0, 0.05) is 38.8 Å². The third-order valence-electron chi connectivity index (χ3n) is 7.41. The van der Waals surface area contributed by atoms with Crippen LogP contribution in [-0.4, -0.2) is 90.3 Å². The number of nitrogens with zero attached hydrogens (tertiary/aromatic N) is 3. The van der Waals surface area contributed by atoms with Gasteiger partial charge in [-0.3, -0.25) is 14.6 Å². The Morgan fingerprint density at radius 2 is 1.94 bits per heavy atom. The standard InChI is InChI=1S/C28H37N3O4/c1-2-29-12-5-8-25(20-29)35-24-9-10-26-27(16-24)34-15-14-31(28(26)33)19-23(32)18-30-13-11-21-6-3-4-7-22(21)17-30/h3-4,6-7,9-10,16,23,25,32H,2,5,8,11-15,17-20H2,1H3/t23-,25?/m1/s1. The number of hydrogen-bond acceptors (Lipinski definition) is 6. The second-order valence-electron chi connectivity index (χ2n) is 9.94. The van der Waals surface area contributed by atoms with Gasteiger partial charge in [0.15, 0.2) is 0 Å². The van der Waals surface area contributed by atoms with Crippen LogP contribution in [0, 0.1) is 0 Å². The third-order valence-corrected chi connectivity index (χ3v) is 7.41. The Bertz CT molecular complexity index is 1030. The Labute approximate surface area is 208 Å². The molecule has 0 aliphatic carbocycles. The second-order valence-corrected chi connectivity index (χ2v) is 9.94. The number of ether oxygens (including phenoxy) is 2. The quantitative estimate of drug-likeness (QED) is 0.659. The van der Waals surface area contributed by atoms with Gasteiger partial charge in [-0.15, -0.1) is 0 Å². The third kappa shape index (κ3) is 5.80. The van der Waals surface area contributed by atoms with E-state index in [2.05, 4.69) is 41.0 Å². The molecule has 2 atom stereocenters. The van der Waals surface area contributed by atoms with Crippen molar-refractivity contribution in [1.29, 1.82) is 0 Å². The summed E-state index contributed by atoms with van der Waals surface area (Å²) in [5, 5.41) is 10.8. The minimum atomic E-state index is -0.610. The topological polar surface area (TPSA) is 65.5 Å². The Morgan fingerprint density at radius 3 is 2.80 bits per heavy atom. The lowest BCUT2D eigenvalue weighted by atomic mass is 10.00. The monoisotopic (exact) mass is 479 g/mol. The van der Waals surface area contributed by atoms with Gasteiger partial charge in [-0.2, -0.15) is 0 Å². The van der Waals surface area contributed by atoms with Gasteiger partial charge in [0.1, 0.15) is 24.2 Å². The number of fused-ring (bicyclic) bond motifs is 2. The molecule has 188 valence electrons. The zero-order valence-corrected chi connectivity index (χ0v) is 20.7. The molecule has 2 aromatic rings. The van der Waals surface area contributed by atoms with Gasteiger partial charge in [-0.25, -0.2) is 0 Å². The first-order valence-corrected chi connectivity index (χ1v) is 13.0. The van der Waals surface area contributed by atoms with Crippen molar-refractivity contribution in [3.63, 3.8) is 0 Å². The van der Waals surface area contributed by atoms with E-state index in [1.807, 2.05) is 12.1 Å². The predicted molar refractivity (Wildman–Crippen MR) is 135 cm³/mol. The van der Waals surface area contributed by atoms with Crippen LogP contribution in [0.3, 0.4) is 0 Å². The van der Waals surface area contributed by atoms with E-state index in [1.165, 1.54) is 11.1 Å². The number of likely N-dealkylation sites (N-methyl/N-ethyl adjacent to an activating group) is 1. The number of amides is 1. The molecule has 0 aromatic heterocycles. The summed E-state index contributed by atoms with van der Waals surface area (Å²) in [5.74, 6) is 1.22. The molecule has 7 heteroatoms. The summed E-state index contributed by atoms with van der Waals surface area (Å²) >= 11 is 0. The zero-order chi connectivity index (χ0) is 24.2. The molecule has 3 heterocycles. The minimum Gasteiger partial charge on any atom is -0.491 e. The van der Waals surface area contributed by atoms with E-state index in [4.69, 9.17) is 9.47 Å². The summed E-state index contributed by atoms with van der Waals surface area (Å²) < 4.78 is 12.2. The molecule has 5 rings (SSSR count).